The van der Waals surface area contributed by atoms with E-state index < -0.39 is 0 Å². The van der Waals surface area contributed by atoms with Crippen LogP contribution < -0.4 is 5.73 Å². The summed E-state index contributed by atoms with van der Waals surface area (Å²) in [4.78, 5) is 0. The van der Waals surface area contributed by atoms with Gasteiger partial charge in [0, 0.05) is 0 Å². The molecule has 0 aliphatic rings. The third-order valence-electron chi connectivity index (χ3n) is 3.56. The van der Waals surface area contributed by atoms with Crippen LogP contribution in [0.15, 0.2) is 0 Å². The van der Waals surface area contributed by atoms with Crippen molar-refractivity contribution in [3.63, 3.8) is 0 Å². The molecule has 0 fully saturated rings. The van der Waals surface area contributed by atoms with Gasteiger partial charge < -0.3 is 5.73 Å². The van der Waals surface area contributed by atoms with Gasteiger partial charge in [-0.2, -0.15) is 0 Å². The first-order valence-electron chi connectivity index (χ1n) is 8.12. The van der Waals surface area contributed by atoms with Gasteiger partial charge in [0.2, 0.25) is 0 Å². The molecule has 18 heavy (non-hydrogen) atoms. The number of unbranched alkanes of at least 4 members (excludes halogenated alkanes) is 13. The molecule has 0 radical (unpaired) electrons. The standard InChI is InChI=1S/C16H35N.Na.H/c1-2-3-4-5-6-7-8-9-10-11-12-13-14-15-16-17;;/h2-17H2,1H3;;. The summed E-state index contributed by atoms with van der Waals surface area (Å²) in [5.41, 5.74) is 5.47. The molecule has 0 aromatic heterocycles. The van der Waals surface area contributed by atoms with Crippen LogP contribution in [-0.2, 0) is 0 Å². The van der Waals surface area contributed by atoms with Gasteiger partial charge in [0.05, 0.1) is 0 Å². The summed E-state index contributed by atoms with van der Waals surface area (Å²) in [5, 5.41) is 0. The molecule has 1 nitrogen and oxygen atoms in total. The molecule has 0 bridgehead atoms. The van der Waals surface area contributed by atoms with Gasteiger partial charge in [0.1, 0.15) is 0 Å². The van der Waals surface area contributed by atoms with Crippen LogP contribution in [0.3, 0.4) is 0 Å². The van der Waals surface area contributed by atoms with Crippen molar-refractivity contribution >= 4 is 29.6 Å². The topological polar surface area (TPSA) is 26.0 Å². The van der Waals surface area contributed by atoms with Gasteiger partial charge >= 0.3 is 29.6 Å². The number of rotatable bonds is 14. The Morgan fingerprint density at radius 3 is 1.06 bits per heavy atom. The third-order valence-corrected chi connectivity index (χ3v) is 3.56. The summed E-state index contributed by atoms with van der Waals surface area (Å²) >= 11 is 0. The summed E-state index contributed by atoms with van der Waals surface area (Å²) in [6.45, 7) is 3.16. The van der Waals surface area contributed by atoms with Crippen LogP contribution in [0.1, 0.15) is 96.8 Å². The number of hydrogen-bond acceptors (Lipinski definition) is 1. The van der Waals surface area contributed by atoms with E-state index in [0.717, 1.165) is 6.54 Å². The van der Waals surface area contributed by atoms with Crippen LogP contribution in [0, 0.1) is 0 Å². The molecule has 0 saturated heterocycles. The second-order valence-electron chi connectivity index (χ2n) is 5.38. The van der Waals surface area contributed by atoms with E-state index >= 15 is 0 Å². The Hall–Kier alpha value is 0.960. The number of hydrogen-bond donors (Lipinski definition) is 1. The average molecular weight is 265 g/mol. The van der Waals surface area contributed by atoms with E-state index in [2.05, 4.69) is 6.92 Å². The maximum atomic E-state index is 5.47. The molecule has 0 spiro atoms. The quantitative estimate of drug-likeness (QED) is 0.355. The van der Waals surface area contributed by atoms with Gasteiger partial charge in [-0.3, -0.25) is 0 Å². The van der Waals surface area contributed by atoms with Crippen LogP contribution in [0.4, 0.5) is 0 Å². The van der Waals surface area contributed by atoms with Gasteiger partial charge in [-0.15, -0.1) is 0 Å². The zero-order chi connectivity index (χ0) is 12.6. The van der Waals surface area contributed by atoms with Crippen LogP contribution in [0.5, 0.6) is 0 Å². The molecule has 2 N–H and O–H groups in total. The Morgan fingerprint density at radius 1 is 0.500 bits per heavy atom. The summed E-state index contributed by atoms with van der Waals surface area (Å²) in [5.74, 6) is 0. The maximum absolute atomic E-state index is 5.47. The van der Waals surface area contributed by atoms with E-state index in [9.17, 15) is 0 Å². The summed E-state index contributed by atoms with van der Waals surface area (Å²) in [6.07, 6.45) is 19.9. The fourth-order valence-electron chi connectivity index (χ4n) is 2.34. The predicted molar refractivity (Wildman–Crippen MR) is 86.5 cm³/mol. The normalized spacial score (nSPS) is 10.3. The molecule has 0 amide bonds. The summed E-state index contributed by atoms with van der Waals surface area (Å²) in [6, 6.07) is 0. The predicted octanol–water partition coefficient (Wildman–Crippen LogP) is 4.78. The van der Waals surface area contributed by atoms with Gasteiger partial charge in [0.25, 0.3) is 0 Å². The van der Waals surface area contributed by atoms with Crippen molar-refractivity contribution in [1.82, 2.24) is 0 Å². The van der Waals surface area contributed by atoms with E-state index in [-0.39, 0.29) is 29.6 Å². The Labute approximate surface area is 138 Å². The molecule has 0 rings (SSSR count). The first kappa shape index (κ1) is 21.3. The van der Waals surface area contributed by atoms with E-state index in [1.54, 1.807) is 0 Å². The van der Waals surface area contributed by atoms with Crippen molar-refractivity contribution in [2.24, 2.45) is 5.73 Å². The fourth-order valence-corrected chi connectivity index (χ4v) is 2.34. The SMILES string of the molecule is CCCCCCCCCCCCCCCCN.[NaH]. The Balaban J connectivity index is 0. The first-order valence-corrected chi connectivity index (χ1v) is 8.12. The molecule has 2 heteroatoms. The van der Waals surface area contributed by atoms with E-state index in [1.165, 1.54) is 89.9 Å². The molecule has 0 aromatic rings. The molecule has 0 atom stereocenters. The summed E-state index contributed by atoms with van der Waals surface area (Å²) in [7, 11) is 0. The van der Waals surface area contributed by atoms with Gasteiger partial charge in [-0.1, -0.05) is 90.4 Å². The minimum atomic E-state index is 0. The van der Waals surface area contributed by atoms with E-state index in [4.69, 9.17) is 5.73 Å². The molecule has 0 unspecified atom stereocenters. The molecule has 0 aliphatic heterocycles. The first-order chi connectivity index (χ1) is 8.41. The van der Waals surface area contributed by atoms with Crippen molar-refractivity contribution in [2.75, 3.05) is 6.54 Å². The van der Waals surface area contributed by atoms with Crippen LogP contribution in [-0.4, -0.2) is 36.1 Å². The van der Waals surface area contributed by atoms with Crippen LogP contribution >= 0.6 is 0 Å². The third kappa shape index (κ3) is 19.3. The van der Waals surface area contributed by atoms with E-state index in [1.807, 2.05) is 0 Å². The van der Waals surface area contributed by atoms with E-state index in [0.29, 0.717) is 0 Å². The zero-order valence-electron chi connectivity index (χ0n) is 12.2. The van der Waals surface area contributed by atoms with Gasteiger partial charge in [0.15, 0.2) is 0 Å². The van der Waals surface area contributed by atoms with Gasteiger partial charge in [-0.05, 0) is 13.0 Å². The van der Waals surface area contributed by atoms with Crippen LogP contribution in [0.2, 0.25) is 0 Å². The molecule has 0 aromatic carbocycles. The molecule has 0 saturated carbocycles. The van der Waals surface area contributed by atoms with Crippen molar-refractivity contribution in [2.45, 2.75) is 96.8 Å². The Morgan fingerprint density at radius 2 is 0.778 bits per heavy atom. The molecular formula is C16H36NNa. The fraction of sp³-hybridized carbons (Fsp3) is 1.00. The Kier molecular flexibility index (Phi) is 24.0. The zero-order valence-corrected chi connectivity index (χ0v) is 12.2. The Bertz CT molecular complexity index is 114. The molecule has 0 aliphatic carbocycles. The van der Waals surface area contributed by atoms with Crippen LogP contribution in [0.25, 0.3) is 0 Å². The number of nitrogens with two attached hydrogens (primary N) is 1. The average Bonchev–Trinajstić information content (AvgIpc) is 2.35. The molecule has 0 heterocycles. The van der Waals surface area contributed by atoms with Crippen molar-refractivity contribution in [3.05, 3.63) is 0 Å². The summed E-state index contributed by atoms with van der Waals surface area (Å²) < 4.78 is 0. The molecular weight excluding hydrogens is 229 g/mol. The minimum absolute atomic E-state index is 0. The van der Waals surface area contributed by atoms with Gasteiger partial charge in [-0.25, -0.2) is 0 Å². The monoisotopic (exact) mass is 265 g/mol. The van der Waals surface area contributed by atoms with Crippen molar-refractivity contribution in [3.8, 4) is 0 Å². The molecule has 106 valence electrons. The van der Waals surface area contributed by atoms with Crippen molar-refractivity contribution < 1.29 is 0 Å². The second-order valence-corrected chi connectivity index (χ2v) is 5.38. The second kappa shape index (κ2) is 20.3. The van der Waals surface area contributed by atoms with Crippen molar-refractivity contribution in [1.29, 1.82) is 0 Å².